The van der Waals surface area contributed by atoms with Crippen molar-refractivity contribution in [3.8, 4) is 11.5 Å². The van der Waals surface area contributed by atoms with E-state index in [2.05, 4.69) is 5.32 Å². The zero-order chi connectivity index (χ0) is 21.3. The van der Waals surface area contributed by atoms with Crippen molar-refractivity contribution < 1.29 is 23.9 Å². The van der Waals surface area contributed by atoms with Gasteiger partial charge in [0.25, 0.3) is 5.91 Å². The number of rotatable bonds is 5. The second-order valence-corrected chi connectivity index (χ2v) is 6.86. The molecule has 0 aliphatic heterocycles. The van der Waals surface area contributed by atoms with E-state index in [0.717, 1.165) is 0 Å². The Balaban J connectivity index is 1.59. The molecule has 4 rings (SSSR count). The Bertz CT molecular complexity index is 1170. The summed E-state index contributed by atoms with van der Waals surface area (Å²) in [6.07, 6.45) is -0.838. The van der Waals surface area contributed by atoms with Crippen LogP contribution in [0.3, 0.4) is 0 Å². The minimum Gasteiger partial charge on any atom is -0.497 e. The molecule has 6 heteroatoms. The van der Waals surface area contributed by atoms with Gasteiger partial charge in [-0.1, -0.05) is 42.5 Å². The van der Waals surface area contributed by atoms with E-state index in [1.54, 1.807) is 80.8 Å². The third kappa shape index (κ3) is 3.43. The molecule has 1 aliphatic carbocycles. The van der Waals surface area contributed by atoms with E-state index in [1.165, 1.54) is 0 Å². The molecule has 0 fully saturated rings. The zero-order valence-corrected chi connectivity index (χ0v) is 16.5. The van der Waals surface area contributed by atoms with E-state index in [0.29, 0.717) is 22.6 Å². The predicted molar refractivity (Wildman–Crippen MR) is 111 cm³/mol. The maximum Gasteiger partial charge on any atom is 0.265 e. The van der Waals surface area contributed by atoms with Crippen LogP contribution >= 0.6 is 0 Å². The first-order valence-corrected chi connectivity index (χ1v) is 9.42. The van der Waals surface area contributed by atoms with Crippen molar-refractivity contribution in [2.75, 3.05) is 12.4 Å². The number of hydrogen-bond donors (Lipinski definition) is 1. The summed E-state index contributed by atoms with van der Waals surface area (Å²) in [5.41, 5.74) is 1.46. The van der Waals surface area contributed by atoms with E-state index in [4.69, 9.17) is 9.47 Å². The smallest absolute Gasteiger partial charge is 0.265 e. The van der Waals surface area contributed by atoms with Gasteiger partial charge in [-0.05, 0) is 25.1 Å². The van der Waals surface area contributed by atoms with Gasteiger partial charge in [0.05, 0.1) is 18.4 Å². The number of hydrogen-bond acceptors (Lipinski definition) is 5. The number of nitrogens with one attached hydrogen (secondary N) is 1. The fourth-order valence-electron chi connectivity index (χ4n) is 3.42. The standard InChI is InChI=1S/C24H19NO5/c1-14(30-16-8-5-7-15(13-16)29-2)24(28)25-20-12-6-11-19-21(20)23(27)18-10-4-3-9-17(18)22(19)26/h3-14H,1-2H3,(H,25,28). The minimum absolute atomic E-state index is 0.197. The molecule has 150 valence electrons. The van der Waals surface area contributed by atoms with Crippen molar-refractivity contribution in [2.45, 2.75) is 13.0 Å². The number of carbonyl (C=O) groups is 3. The molecule has 0 bridgehead atoms. The lowest BCUT2D eigenvalue weighted by Gasteiger charge is -2.21. The van der Waals surface area contributed by atoms with E-state index in [1.807, 2.05) is 0 Å². The minimum atomic E-state index is -0.838. The monoisotopic (exact) mass is 401 g/mol. The summed E-state index contributed by atoms with van der Waals surface area (Å²) < 4.78 is 10.9. The van der Waals surface area contributed by atoms with Crippen molar-refractivity contribution in [1.82, 2.24) is 0 Å². The maximum absolute atomic E-state index is 13.0. The van der Waals surface area contributed by atoms with Crippen LogP contribution in [0.2, 0.25) is 0 Å². The zero-order valence-electron chi connectivity index (χ0n) is 16.5. The number of carbonyl (C=O) groups excluding carboxylic acids is 3. The molecular weight excluding hydrogens is 382 g/mol. The van der Waals surface area contributed by atoms with Gasteiger partial charge < -0.3 is 14.8 Å². The third-order valence-electron chi connectivity index (χ3n) is 4.93. The maximum atomic E-state index is 13.0. The Morgan fingerprint density at radius 2 is 1.47 bits per heavy atom. The van der Waals surface area contributed by atoms with E-state index >= 15 is 0 Å². The van der Waals surface area contributed by atoms with Gasteiger partial charge in [-0.25, -0.2) is 0 Å². The van der Waals surface area contributed by atoms with Crippen LogP contribution in [0, 0.1) is 0 Å². The highest BCUT2D eigenvalue weighted by Gasteiger charge is 2.32. The fraction of sp³-hybridized carbons (Fsp3) is 0.125. The largest absolute Gasteiger partial charge is 0.497 e. The molecule has 1 atom stereocenters. The van der Waals surface area contributed by atoms with E-state index in [9.17, 15) is 14.4 Å². The number of benzene rings is 3. The Hall–Kier alpha value is -3.93. The molecule has 30 heavy (non-hydrogen) atoms. The predicted octanol–water partition coefficient (Wildman–Crippen LogP) is 3.88. The number of ether oxygens (including phenoxy) is 2. The normalized spacial score (nSPS) is 13.1. The van der Waals surface area contributed by atoms with Crippen LogP contribution in [0.25, 0.3) is 0 Å². The summed E-state index contributed by atoms with van der Waals surface area (Å²) in [7, 11) is 1.55. The quantitative estimate of drug-likeness (QED) is 0.549. The summed E-state index contributed by atoms with van der Waals surface area (Å²) in [4.78, 5) is 38.6. The Morgan fingerprint density at radius 3 is 2.20 bits per heavy atom. The Morgan fingerprint density at radius 1 is 0.833 bits per heavy atom. The van der Waals surface area contributed by atoms with Crippen LogP contribution in [0.5, 0.6) is 11.5 Å². The fourth-order valence-corrected chi connectivity index (χ4v) is 3.42. The molecule has 1 amide bonds. The van der Waals surface area contributed by atoms with Crippen molar-refractivity contribution >= 4 is 23.2 Å². The van der Waals surface area contributed by atoms with Gasteiger partial charge in [0.2, 0.25) is 0 Å². The van der Waals surface area contributed by atoms with Crippen LogP contribution in [0.15, 0.2) is 66.7 Å². The topological polar surface area (TPSA) is 81.7 Å². The van der Waals surface area contributed by atoms with Crippen molar-refractivity contribution in [3.63, 3.8) is 0 Å². The van der Waals surface area contributed by atoms with Crippen molar-refractivity contribution in [2.24, 2.45) is 0 Å². The lowest BCUT2D eigenvalue weighted by atomic mass is 9.83. The summed E-state index contributed by atoms with van der Waals surface area (Å²) in [6, 6.07) is 18.4. The van der Waals surface area contributed by atoms with Crippen molar-refractivity contribution in [1.29, 1.82) is 0 Å². The summed E-state index contributed by atoms with van der Waals surface area (Å²) in [5, 5.41) is 2.73. The molecule has 1 unspecified atom stereocenters. The Kier molecular flexibility index (Phi) is 5.06. The molecule has 1 N–H and O–H groups in total. The molecule has 0 radical (unpaired) electrons. The SMILES string of the molecule is COc1cccc(OC(C)C(=O)Nc2cccc3c2C(=O)c2ccccc2C3=O)c1. The van der Waals surface area contributed by atoms with Gasteiger partial charge in [0.1, 0.15) is 11.5 Å². The summed E-state index contributed by atoms with van der Waals surface area (Å²) in [5.74, 6) is 0.118. The first-order chi connectivity index (χ1) is 14.5. The van der Waals surface area contributed by atoms with Crippen LogP contribution in [-0.2, 0) is 4.79 Å². The second kappa shape index (κ2) is 7.83. The summed E-state index contributed by atoms with van der Waals surface area (Å²) in [6.45, 7) is 1.60. The van der Waals surface area contributed by atoms with E-state index < -0.39 is 12.0 Å². The molecule has 6 nitrogen and oxygen atoms in total. The molecule has 3 aromatic carbocycles. The highest BCUT2D eigenvalue weighted by molar-refractivity contribution is 6.30. The van der Waals surface area contributed by atoms with Gasteiger partial charge in [0.15, 0.2) is 17.7 Å². The van der Waals surface area contributed by atoms with Gasteiger partial charge >= 0.3 is 0 Å². The van der Waals surface area contributed by atoms with Crippen molar-refractivity contribution in [3.05, 3.63) is 89.0 Å². The van der Waals surface area contributed by atoms with Gasteiger partial charge in [-0.15, -0.1) is 0 Å². The number of anilines is 1. The van der Waals surface area contributed by atoms with Gasteiger partial charge in [-0.3, -0.25) is 14.4 Å². The molecule has 0 saturated heterocycles. The van der Waals surface area contributed by atoms with Gasteiger partial charge in [-0.2, -0.15) is 0 Å². The Labute approximate surface area is 173 Å². The molecule has 3 aromatic rings. The van der Waals surface area contributed by atoms with Crippen LogP contribution in [0.1, 0.15) is 38.8 Å². The molecule has 0 aromatic heterocycles. The molecule has 1 aliphatic rings. The number of fused-ring (bicyclic) bond motifs is 2. The van der Waals surface area contributed by atoms with Crippen LogP contribution in [0.4, 0.5) is 5.69 Å². The average Bonchev–Trinajstić information content (AvgIpc) is 2.77. The van der Waals surface area contributed by atoms with Crippen LogP contribution in [-0.4, -0.2) is 30.7 Å². The third-order valence-corrected chi connectivity index (χ3v) is 4.93. The molecular formula is C24H19NO5. The highest BCUT2D eigenvalue weighted by atomic mass is 16.5. The van der Waals surface area contributed by atoms with Crippen LogP contribution < -0.4 is 14.8 Å². The second-order valence-electron chi connectivity index (χ2n) is 6.86. The van der Waals surface area contributed by atoms with Gasteiger partial charge in [0, 0.05) is 22.8 Å². The first kappa shape index (κ1) is 19.4. The number of amides is 1. The molecule has 0 saturated carbocycles. The lowest BCUT2D eigenvalue weighted by molar-refractivity contribution is -0.122. The first-order valence-electron chi connectivity index (χ1n) is 9.42. The average molecular weight is 401 g/mol. The summed E-state index contributed by atoms with van der Waals surface area (Å²) >= 11 is 0. The highest BCUT2D eigenvalue weighted by Crippen LogP contribution is 2.32. The number of methoxy groups -OCH3 is 1. The molecule has 0 spiro atoms. The lowest BCUT2D eigenvalue weighted by Crippen LogP contribution is -2.31. The number of ketones is 2. The van der Waals surface area contributed by atoms with E-state index in [-0.39, 0.29) is 28.4 Å². The molecule has 0 heterocycles.